The standard InChI is InChI=1S/C16H20N2O2S/c1-11(13-5-3-7-15(17)9-13)21(19,20)12(2)14-6-4-8-16(18)10-14/h3-12H,17-18H2,1-2H3. The van der Waals surface area contributed by atoms with Crippen molar-refractivity contribution in [1.29, 1.82) is 0 Å². The first-order chi connectivity index (χ1) is 9.82. The maximum Gasteiger partial charge on any atom is 0.163 e. The van der Waals surface area contributed by atoms with Gasteiger partial charge in [-0.2, -0.15) is 0 Å². The summed E-state index contributed by atoms with van der Waals surface area (Å²) in [7, 11) is -3.39. The summed E-state index contributed by atoms with van der Waals surface area (Å²) in [6, 6.07) is 14.0. The summed E-state index contributed by atoms with van der Waals surface area (Å²) >= 11 is 0. The molecule has 0 aliphatic heterocycles. The molecule has 21 heavy (non-hydrogen) atoms. The molecule has 4 N–H and O–H groups in total. The first kappa shape index (κ1) is 15.4. The number of nitrogen functional groups attached to an aromatic ring is 2. The number of hydrogen-bond donors (Lipinski definition) is 2. The van der Waals surface area contributed by atoms with Gasteiger partial charge in [0, 0.05) is 11.4 Å². The predicted molar refractivity (Wildman–Crippen MR) is 87.5 cm³/mol. The number of benzene rings is 2. The van der Waals surface area contributed by atoms with Crippen molar-refractivity contribution in [2.75, 3.05) is 11.5 Å². The zero-order valence-electron chi connectivity index (χ0n) is 12.2. The SMILES string of the molecule is CC(c1cccc(N)c1)S(=O)(=O)C(C)c1cccc(N)c1. The van der Waals surface area contributed by atoms with Crippen LogP contribution in [0, 0.1) is 0 Å². The third kappa shape index (κ3) is 3.19. The fourth-order valence-corrected chi connectivity index (χ4v) is 3.97. The summed E-state index contributed by atoms with van der Waals surface area (Å²) in [6.45, 7) is 3.37. The lowest BCUT2D eigenvalue weighted by molar-refractivity contribution is 0.576. The predicted octanol–water partition coefficient (Wildman–Crippen LogP) is 3.09. The molecular formula is C16H20N2O2S. The van der Waals surface area contributed by atoms with Gasteiger partial charge in [-0.3, -0.25) is 0 Å². The summed E-state index contributed by atoms with van der Waals surface area (Å²) in [5.74, 6) is 0. The average Bonchev–Trinajstić information content (AvgIpc) is 2.45. The van der Waals surface area contributed by atoms with Gasteiger partial charge < -0.3 is 11.5 Å². The molecule has 0 radical (unpaired) electrons. The molecule has 0 aliphatic carbocycles. The van der Waals surface area contributed by atoms with E-state index in [0.717, 1.165) is 0 Å². The average molecular weight is 304 g/mol. The molecular weight excluding hydrogens is 284 g/mol. The van der Waals surface area contributed by atoms with Gasteiger partial charge in [0.2, 0.25) is 0 Å². The molecule has 0 aliphatic rings. The van der Waals surface area contributed by atoms with Crippen molar-refractivity contribution in [3.8, 4) is 0 Å². The molecule has 2 unspecified atom stereocenters. The molecule has 112 valence electrons. The van der Waals surface area contributed by atoms with Gasteiger partial charge in [-0.05, 0) is 49.2 Å². The molecule has 0 aromatic heterocycles. The first-order valence-electron chi connectivity index (χ1n) is 6.76. The van der Waals surface area contributed by atoms with Crippen LogP contribution in [0.25, 0.3) is 0 Å². The van der Waals surface area contributed by atoms with Crippen LogP contribution < -0.4 is 11.5 Å². The largest absolute Gasteiger partial charge is 0.399 e. The molecule has 0 bridgehead atoms. The lowest BCUT2D eigenvalue weighted by Crippen LogP contribution is -2.17. The van der Waals surface area contributed by atoms with Gasteiger partial charge in [-0.15, -0.1) is 0 Å². The van der Waals surface area contributed by atoms with Crippen molar-refractivity contribution in [2.24, 2.45) is 0 Å². The van der Waals surface area contributed by atoms with Crippen LogP contribution in [0.5, 0.6) is 0 Å². The number of anilines is 2. The highest BCUT2D eigenvalue weighted by Gasteiger charge is 2.30. The molecule has 0 saturated carbocycles. The Morgan fingerprint density at radius 3 is 1.52 bits per heavy atom. The van der Waals surface area contributed by atoms with E-state index >= 15 is 0 Å². The van der Waals surface area contributed by atoms with Crippen LogP contribution in [0.15, 0.2) is 48.5 Å². The van der Waals surface area contributed by atoms with Gasteiger partial charge in [0.05, 0.1) is 10.5 Å². The summed E-state index contributed by atoms with van der Waals surface area (Å²) in [6.07, 6.45) is 0. The van der Waals surface area contributed by atoms with E-state index in [4.69, 9.17) is 11.5 Å². The first-order valence-corrected chi connectivity index (χ1v) is 8.37. The second-order valence-electron chi connectivity index (χ2n) is 5.21. The minimum absolute atomic E-state index is 0.561. The summed E-state index contributed by atoms with van der Waals surface area (Å²) in [5, 5.41) is -1.25. The van der Waals surface area contributed by atoms with Crippen LogP contribution in [-0.2, 0) is 9.84 Å². The molecule has 2 aromatic rings. The van der Waals surface area contributed by atoms with Crippen molar-refractivity contribution in [1.82, 2.24) is 0 Å². The van der Waals surface area contributed by atoms with E-state index in [9.17, 15) is 8.42 Å². The Bertz CT molecular complexity index is 684. The molecule has 0 heterocycles. The number of sulfone groups is 1. The van der Waals surface area contributed by atoms with Crippen molar-refractivity contribution >= 4 is 21.2 Å². The van der Waals surface area contributed by atoms with Gasteiger partial charge in [0.1, 0.15) is 0 Å². The Morgan fingerprint density at radius 1 is 0.810 bits per heavy atom. The van der Waals surface area contributed by atoms with Crippen molar-refractivity contribution in [3.63, 3.8) is 0 Å². The van der Waals surface area contributed by atoms with Gasteiger partial charge in [-0.25, -0.2) is 8.42 Å². The third-order valence-electron chi connectivity index (χ3n) is 3.75. The number of hydrogen-bond acceptors (Lipinski definition) is 4. The van der Waals surface area contributed by atoms with E-state index < -0.39 is 20.3 Å². The highest BCUT2D eigenvalue weighted by molar-refractivity contribution is 7.91. The zero-order chi connectivity index (χ0) is 15.6. The molecule has 0 spiro atoms. The van der Waals surface area contributed by atoms with E-state index in [2.05, 4.69) is 0 Å². The normalized spacial score (nSPS) is 14.6. The van der Waals surface area contributed by atoms with Crippen LogP contribution in [0.2, 0.25) is 0 Å². The minimum Gasteiger partial charge on any atom is -0.399 e. The molecule has 0 saturated heterocycles. The van der Waals surface area contributed by atoms with Crippen molar-refractivity contribution < 1.29 is 8.42 Å². The maximum absolute atomic E-state index is 12.8. The summed E-state index contributed by atoms with van der Waals surface area (Å²) in [5.41, 5.74) is 14.0. The Hall–Kier alpha value is -2.01. The fourth-order valence-electron chi connectivity index (χ4n) is 2.31. The van der Waals surface area contributed by atoms with E-state index in [1.807, 2.05) is 0 Å². The molecule has 2 atom stereocenters. The van der Waals surface area contributed by atoms with E-state index in [1.54, 1.807) is 62.4 Å². The third-order valence-corrected chi connectivity index (χ3v) is 6.26. The highest BCUT2D eigenvalue weighted by atomic mass is 32.2. The monoisotopic (exact) mass is 304 g/mol. The second-order valence-corrected chi connectivity index (χ2v) is 7.81. The van der Waals surface area contributed by atoms with Crippen molar-refractivity contribution in [2.45, 2.75) is 24.3 Å². The highest BCUT2D eigenvalue weighted by Crippen LogP contribution is 2.34. The van der Waals surface area contributed by atoms with Gasteiger partial charge in [-0.1, -0.05) is 24.3 Å². The van der Waals surface area contributed by atoms with E-state index in [-0.39, 0.29) is 0 Å². The molecule has 2 rings (SSSR count). The molecule has 2 aromatic carbocycles. The lowest BCUT2D eigenvalue weighted by atomic mass is 10.1. The van der Waals surface area contributed by atoms with E-state index in [0.29, 0.717) is 22.5 Å². The van der Waals surface area contributed by atoms with Crippen LogP contribution in [0.3, 0.4) is 0 Å². The summed E-state index contributed by atoms with van der Waals surface area (Å²) < 4.78 is 25.5. The Balaban J connectivity index is 2.37. The van der Waals surface area contributed by atoms with Crippen LogP contribution >= 0.6 is 0 Å². The van der Waals surface area contributed by atoms with Gasteiger partial charge in [0.25, 0.3) is 0 Å². The van der Waals surface area contributed by atoms with Crippen molar-refractivity contribution in [3.05, 3.63) is 59.7 Å². The maximum atomic E-state index is 12.8. The Kier molecular flexibility index (Phi) is 4.23. The van der Waals surface area contributed by atoms with E-state index in [1.165, 1.54) is 0 Å². The number of rotatable bonds is 4. The Labute approximate surface area is 125 Å². The van der Waals surface area contributed by atoms with Crippen LogP contribution in [0.4, 0.5) is 11.4 Å². The zero-order valence-corrected chi connectivity index (χ0v) is 13.0. The quantitative estimate of drug-likeness (QED) is 0.850. The minimum atomic E-state index is -3.39. The van der Waals surface area contributed by atoms with Crippen LogP contribution in [-0.4, -0.2) is 8.42 Å². The fraction of sp³-hybridized carbons (Fsp3) is 0.250. The van der Waals surface area contributed by atoms with Gasteiger partial charge in [0.15, 0.2) is 9.84 Å². The summed E-state index contributed by atoms with van der Waals surface area (Å²) in [4.78, 5) is 0. The topological polar surface area (TPSA) is 86.2 Å². The number of nitrogens with two attached hydrogens (primary N) is 2. The lowest BCUT2D eigenvalue weighted by Gasteiger charge is -2.20. The van der Waals surface area contributed by atoms with Crippen LogP contribution in [0.1, 0.15) is 35.5 Å². The smallest absolute Gasteiger partial charge is 0.163 e. The molecule has 4 nitrogen and oxygen atoms in total. The molecule has 0 amide bonds. The molecule has 0 fully saturated rings. The Morgan fingerprint density at radius 2 is 1.19 bits per heavy atom. The second kappa shape index (κ2) is 5.77. The molecule has 5 heteroatoms. The van der Waals surface area contributed by atoms with Gasteiger partial charge >= 0.3 is 0 Å².